The van der Waals surface area contributed by atoms with E-state index in [0.29, 0.717) is 57.3 Å². The predicted octanol–water partition coefficient (Wildman–Crippen LogP) is 4.34. The Kier molecular flexibility index (Phi) is 14.6. The Balaban J connectivity index is 1.94. The summed E-state index contributed by atoms with van der Waals surface area (Å²) in [5, 5.41) is 14.1. The summed E-state index contributed by atoms with van der Waals surface area (Å²) in [6, 6.07) is 4.53. The molecule has 1 amide bonds. The molecule has 1 fully saturated rings. The summed E-state index contributed by atoms with van der Waals surface area (Å²) < 4.78 is 30.3. The number of aliphatic hydroxyl groups excluding tert-OH is 1. The third kappa shape index (κ3) is 11.2. The van der Waals surface area contributed by atoms with Gasteiger partial charge in [0.1, 0.15) is 0 Å². The summed E-state index contributed by atoms with van der Waals surface area (Å²) >= 11 is 0. The van der Waals surface area contributed by atoms with Gasteiger partial charge in [-0.15, -0.1) is 0 Å². The number of benzene rings is 1. The fourth-order valence-electron chi connectivity index (χ4n) is 5.01. The van der Waals surface area contributed by atoms with Crippen molar-refractivity contribution < 1.29 is 28.5 Å². The van der Waals surface area contributed by atoms with Crippen molar-refractivity contribution in [2.45, 2.75) is 78.4 Å². The van der Waals surface area contributed by atoms with Crippen molar-refractivity contribution in [3.8, 4) is 5.75 Å². The number of nitrogens with one attached hydrogen (secondary N) is 1. The van der Waals surface area contributed by atoms with E-state index in [-0.39, 0.29) is 35.2 Å². The lowest BCUT2D eigenvalue weighted by Gasteiger charge is -2.30. The molecule has 4 unspecified atom stereocenters. The minimum atomic E-state index is -0.787. The molecule has 0 radical (unpaired) electrons. The van der Waals surface area contributed by atoms with Crippen LogP contribution in [0, 0.1) is 35.4 Å². The minimum Gasteiger partial charge on any atom is -0.490 e. The highest BCUT2D eigenvalue weighted by atomic mass is 19.1. The maximum Gasteiger partial charge on any atom is 0.223 e. The van der Waals surface area contributed by atoms with E-state index in [1.807, 2.05) is 13.8 Å². The molecule has 1 aromatic carbocycles. The topological polar surface area (TPSA) is 103 Å². The number of amides is 1. The predicted molar refractivity (Wildman–Crippen MR) is 149 cm³/mol. The van der Waals surface area contributed by atoms with Crippen LogP contribution >= 0.6 is 0 Å². The van der Waals surface area contributed by atoms with Gasteiger partial charge in [0.15, 0.2) is 11.6 Å². The van der Waals surface area contributed by atoms with Crippen LogP contribution in [0.15, 0.2) is 18.2 Å². The van der Waals surface area contributed by atoms with E-state index in [4.69, 9.17) is 19.9 Å². The van der Waals surface area contributed by atoms with Crippen LogP contribution in [0.3, 0.4) is 0 Å². The van der Waals surface area contributed by atoms with Crippen LogP contribution in [0.4, 0.5) is 4.39 Å². The van der Waals surface area contributed by atoms with E-state index in [1.54, 1.807) is 19.2 Å². The van der Waals surface area contributed by atoms with Gasteiger partial charge in [0, 0.05) is 51.9 Å². The molecule has 4 atom stereocenters. The Labute approximate surface area is 229 Å². The molecule has 8 heteroatoms. The normalized spacial score (nSPS) is 17.8. The number of aliphatic hydroxyl groups is 1. The maximum atomic E-state index is 14.3. The van der Waals surface area contributed by atoms with Crippen molar-refractivity contribution in [1.29, 1.82) is 0 Å². The van der Waals surface area contributed by atoms with Crippen molar-refractivity contribution in [2.24, 2.45) is 35.3 Å². The zero-order valence-corrected chi connectivity index (χ0v) is 24.1. The highest BCUT2D eigenvalue weighted by Crippen LogP contribution is 2.28. The van der Waals surface area contributed by atoms with Crippen LogP contribution in [0.5, 0.6) is 5.75 Å². The Morgan fingerprint density at radius 3 is 2.50 bits per heavy atom. The molecule has 0 saturated carbocycles. The number of carbonyl (C=O) groups excluding carboxylic acids is 1. The van der Waals surface area contributed by atoms with Gasteiger partial charge in [-0.1, -0.05) is 33.8 Å². The molecule has 0 spiro atoms. The van der Waals surface area contributed by atoms with E-state index in [1.165, 1.54) is 6.07 Å². The third-order valence-corrected chi connectivity index (χ3v) is 7.80. The van der Waals surface area contributed by atoms with E-state index in [2.05, 4.69) is 19.2 Å². The molecule has 0 aliphatic carbocycles. The van der Waals surface area contributed by atoms with Gasteiger partial charge in [0.2, 0.25) is 5.91 Å². The molecule has 1 saturated heterocycles. The number of rotatable bonds is 17. The molecule has 38 heavy (non-hydrogen) atoms. The number of hydrogen-bond acceptors (Lipinski definition) is 6. The quantitative estimate of drug-likeness (QED) is 0.255. The summed E-state index contributed by atoms with van der Waals surface area (Å²) in [4.78, 5) is 13.0. The van der Waals surface area contributed by atoms with Crippen LogP contribution in [0.1, 0.15) is 65.4 Å². The lowest BCUT2D eigenvalue weighted by molar-refractivity contribution is -0.128. The van der Waals surface area contributed by atoms with Crippen molar-refractivity contribution in [3.05, 3.63) is 29.6 Å². The second-order valence-electron chi connectivity index (χ2n) is 11.5. The van der Waals surface area contributed by atoms with Crippen LogP contribution in [0.25, 0.3) is 0 Å². The Bertz CT molecular complexity index is 816. The molecule has 4 N–H and O–H groups in total. The number of methoxy groups -OCH3 is 1. The lowest BCUT2D eigenvalue weighted by Crippen LogP contribution is -2.43. The van der Waals surface area contributed by atoms with Gasteiger partial charge in [0.05, 0.1) is 12.7 Å². The molecule has 1 aromatic rings. The van der Waals surface area contributed by atoms with Gasteiger partial charge in [-0.3, -0.25) is 4.79 Å². The number of carbonyl (C=O) groups is 1. The van der Waals surface area contributed by atoms with E-state index < -0.39 is 12.1 Å². The third-order valence-electron chi connectivity index (χ3n) is 7.80. The first-order valence-electron chi connectivity index (χ1n) is 14.3. The molecule has 0 bridgehead atoms. The molecule has 1 aliphatic heterocycles. The van der Waals surface area contributed by atoms with Crippen molar-refractivity contribution in [3.63, 3.8) is 0 Å². The van der Waals surface area contributed by atoms with Gasteiger partial charge in [-0.2, -0.15) is 0 Å². The zero-order chi connectivity index (χ0) is 28.1. The number of nitrogens with two attached hydrogens (primary N) is 1. The van der Waals surface area contributed by atoms with Crippen molar-refractivity contribution in [1.82, 2.24) is 5.32 Å². The Hall–Kier alpha value is -1.74. The molecular formula is C30H51FN2O5. The second kappa shape index (κ2) is 17.1. The fraction of sp³-hybridized carbons (Fsp3) is 0.767. The van der Waals surface area contributed by atoms with Crippen LogP contribution in [0.2, 0.25) is 0 Å². The smallest absolute Gasteiger partial charge is 0.223 e. The van der Waals surface area contributed by atoms with Gasteiger partial charge in [-0.05, 0) is 73.5 Å². The summed E-state index contributed by atoms with van der Waals surface area (Å²) in [6.45, 7) is 11.4. The van der Waals surface area contributed by atoms with Gasteiger partial charge in [-0.25, -0.2) is 4.39 Å². The van der Waals surface area contributed by atoms with Crippen LogP contribution in [-0.2, 0) is 20.7 Å². The molecule has 7 nitrogen and oxygen atoms in total. The number of hydrogen-bond donors (Lipinski definition) is 3. The summed E-state index contributed by atoms with van der Waals surface area (Å²) in [5.41, 5.74) is 7.48. The maximum absolute atomic E-state index is 14.3. The first-order valence-corrected chi connectivity index (χ1v) is 14.3. The minimum absolute atomic E-state index is 0.0116. The lowest BCUT2D eigenvalue weighted by atomic mass is 9.80. The highest BCUT2D eigenvalue weighted by molar-refractivity contribution is 5.78. The monoisotopic (exact) mass is 538 g/mol. The summed E-state index contributed by atoms with van der Waals surface area (Å²) in [7, 11) is 1.63. The SMILES string of the molecule is COCCCOc1cc(CC(CC(N)C(O)CC(C(=O)NCC2CCOCC2)C(C)C)C(C)C)ccc1F. The van der Waals surface area contributed by atoms with Crippen LogP contribution < -0.4 is 15.8 Å². The fourth-order valence-corrected chi connectivity index (χ4v) is 5.01. The standard InChI is InChI=1S/C30H51FN2O5/c1-20(2)24(15-23-7-8-26(31)29(16-23)38-12-6-11-36-5)17-27(32)28(34)18-25(21(3)4)30(35)33-19-22-9-13-37-14-10-22/h7-8,16,20-22,24-25,27-28,34H,6,9-15,17-19,32H2,1-5H3,(H,33,35). The number of ether oxygens (including phenoxy) is 3. The Morgan fingerprint density at radius 1 is 1.16 bits per heavy atom. The van der Waals surface area contributed by atoms with E-state index in [9.17, 15) is 14.3 Å². The average Bonchev–Trinajstić information content (AvgIpc) is 2.89. The Morgan fingerprint density at radius 2 is 1.87 bits per heavy atom. The first-order chi connectivity index (χ1) is 18.1. The molecule has 2 rings (SSSR count). The molecule has 218 valence electrons. The molecular weight excluding hydrogens is 487 g/mol. The van der Waals surface area contributed by atoms with Crippen molar-refractivity contribution in [2.75, 3.05) is 40.1 Å². The van der Waals surface area contributed by atoms with Gasteiger partial charge in [0.25, 0.3) is 0 Å². The van der Waals surface area contributed by atoms with Gasteiger partial charge >= 0.3 is 0 Å². The molecule has 1 aliphatic rings. The number of halogens is 1. The van der Waals surface area contributed by atoms with Crippen LogP contribution in [-0.4, -0.2) is 63.2 Å². The van der Waals surface area contributed by atoms with E-state index in [0.717, 1.165) is 31.6 Å². The molecule has 1 heterocycles. The van der Waals surface area contributed by atoms with E-state index >= 15 is 0 Å². The van der Waals surface area contributed by atoms with Gasteiger partial charge < -0.3 is 30.4 Å². The average molecular weight is 539 g/mol. The summed E-state index contributed by atoms with van der Waals surface area (Å²) in [5.74, 6) is 0.590. The first kappa shape index (κ1) is 32.5. The summed E-state index contributed by atoms with van der Waals surface area (Å²) in [6.07, 6.45) is 3.47. The zero-order valence-electron chi connectivity index (χ0n) is 24.1. The van der Waals surface area contributed by atoms with Crippen molar-refractivity contribution >= 4 is 5.91 Å². The second-order valence-corrected chi connectivity index (χ2v) is 11.5. The largest absolute Gasteiger partial charge is 0.490 e. The highest BCUT2D eigenvalue weighted by Gasteiger charge is 2.30. The molecule has 0 aromatic heterocycles.